The van der Waals surface area contributed by atoms with Gasteiger partial charge in [0.2, 0.25) is 5.88 Å². The van der Waals surface area contributed by atoms with Crippen molar-refractivity contribution in [3.63, 3.8) is 0 Å². The highest BCUT2D eigenvalue weighted by Gasteiger charge is 2.00. The van der Waals surface area contributed by atoms with E-state index in [0.29, 0.717) is 12.5 Å². The third kappa shape index (κ3) is 3.57. The minimum Gasteiger partial charge on any atom is -0.477 e. The summed E-state index contributed by atoms with van der Waals surface area (Å²) < 4.78 is 6.13. The molecule has 0 spiro atoms. The summed E-state index contributed by atoms with van der Waals surface area (Å²) >= 11 is 7.26. The Morgan fingerprint density at radius 2 is 2.29 bits per heavy atom. The number of ether oxygens (including phenoxy) is 1. The molecule has 2 aromatic heterocycles. The molecule has 2 aromatic rings. The van der Waals surface area contributed by atoms with Crippen molar-refractivity contribution >= 4 is 23.1 Å². The first-order chi connectivity index (χ1) is 8.25. The van der Waals surface area contributed by atoms with Crippen LogP contribution in [-0.2, 0) is 6.42 Å². The van der Waals surface area contributed by atoms with Crippen LogP contribution in [0.1, 0.15) is 11.3 Å². The van der Waals surface area contributed by atoms with Gasteiger partial charge in [-0.15, -0.1) is 20.6 Å². The van der Waals surface area contributed by atoms with Crippen LogP contribution in [0.15, 0.2) is 34.4 Å². The standard InChI is InChI=1S/C11H11ClN2O2S/c12-14-11(15)6-5-10(13-14)16-7-1-3-9-4-2-8-17-9/h2,4-6,8H,1,3,7H2. The number of thiophene rings is 1. The molecule has 0 bridgehead atoms. The van der Waals surface area contributed by atoms with Crippen molar-refractivity contribution in [1.82, 2.24) is 9.30 Å². The van der Waals surface area contributed by atoms with Crippen molar-refractivity contribution in [3.05, 3.63) is 44.9 Å². The van der Waals surface area contributed by atoms with Crippen molar-refractivity contribution in [2.45, 2.75) is 12.8 Å². The first kappa shape index (κ1) is 12.1. The highest BCUT2D eigenvalue weighted by Crippen LogP contribution is 2.11. The number of hydrogen-bond donors (Lipinski definition) is 0. The molecule has 0 radical (unpaired) electrons. The quantitative estimate of drug-likeness (QED) is 0.783. The van der Waals surface area contributed by atoms with Gasteiger partial charge in [-0.3, -0.25) is 4.79 Å². The second-order valence-corrected chi connectivity index (χ2v) is 4.75. The normalized spacial score (nSPS) is 10.4. The Hall–Kier alpha value is -1.33. The van der Waals surface area contributed by atoms with E-state index in [1.54, 1.807) is 11.3 Å². The lowest BCUT2D eigenvalue weighted by Crippen LogP contribution is -2.15. The maximum Gasteiger partial charge on any atom is 0.282 e. The molecule has 0 saturated heterocycles. The molecular formula is C11H11ClN2O2S. The van der Waals surface area contributed by atoms with Gasteiger partial charge in [-0.25, -0.2) is 0 Å². The van der Waals surface area contributed by atoms with Gasteiger partial charge in [0.05, 0.1) is 6.61 Å². The molecule has 6 heteroatoms. The van der Waals surface area contributed by atoms with Crippen LogP contribution in [0.25, 0.3) is 0 Å². The Balaban J connectivity index is 1.78. The summed E-state index contributed by atoms with van der Waals surface area (Å²) in [6.45, 7) is 0.556. The van der Waals surface area contributed by atoms with Crippen LogP contribution in [0, 0.1) is 0 Å². The molecule has 0 N–H and O–H groups in total. The fourth-order valence-corrected chi connectivity index (χ4v) is 2.21. The molecule has 17 heavy (non-hydrogen) atoms. The summed E-state index contributed by atoms with van der Waals surface area (Å²) in [5.74, 6) is 0.366. The molecule has 2 heterocycles. The van der Waals surface area contributed by atoms with E-state index in [0.717, 1.165) is 17.0 Å². The van der Waals surface area contributed by atoms with Gasteiger partial charge in [0, 0.05) is 28.8 Å². The first-order valence-corrected chi connectivity index (χ1v) is 6.39. The van der Waals surface area contributed by atoms with Crippen molar-refractivity contribution in [2.75, 3.05) is 6.61 Å². The fraction of sp³-hybridized carbons (Fsp3) is 0.273. The minimum absolute atomic E-state index is 0.363. The largest absolute Gasteiger partial charge is 0.477 e. The average Bonchev–Trinajstić information content (AvgIpc) is 2.82. The fourth-order valence-electron chi connectivity index (χ4n) is 1.33. The van der Waals surface area contributed by atoms with Crippen LogP contribution >= 0.6 is 23.1 Å². The van der Waals surface area contributed by atoms with Crippen LogP contribution in [-0.4, -0.2) is 15.9 Å². The van der Waals surface area contributed by atoms with Crippen molar-refractivity contribution in [3.8, 4) is 5.88 Å². The van der Waals surface area contributed by atoms with E-state index in [2.05, 4.69) is 16.5 Å². The lowest BCUT2D eigenvalue weighted by molar-refractivity contribution is 0.294. The average molecular weight is 271 g/mol. The third-order valence-corrected chi connectivity index (χ3v) is 3.31. The molecule has 0 aliphatic rings. The summed E-state index contributed by atoms with van der Waals surface area (Å²) in [7, 11) is 0. The second-order valence-electron chi connectivity index (χ2n) is 3.40. The Kier molecular flexibility index (Phi) is 4.17. The number of aromatic nitrogens is 2. The van der Waals surface area contributed by atoms with Crippen LogP contribution in [0.5, 0.6) is 5.88 Å². The maximum absolute atomic E-state index is 11.0. The van der Waals surface area contributed by atoms with Gasteiger partial charge in [0.1, 0.15) is 0 Å². The molecular weight excluding hydrogens is 260 g/mol. The topological polar surface area (TPSA) is 44.1 Å². The van der Waals surface area contributed by atoms with Crippen molar-refractivity contribution < 1.29 is 4.74 Å². The van der Waals surface area contributed by atoms with E-state index in [9.17, 15) is 4.79 Å². The lowest BCUT2D eigenvalue weighted by Gasteiger charge is -2.04. The molecule has 0 fully saturated rings. The second kappa shape index (κ2) is 5.84. The van der Waals surface area contributed by atoms with Crippen LogP contribution in [0.4, 0.5) is 0 Å². The molecule has 0 saturated carbocycles. The molecule has 90 valence electrons. The highest BCUT2D eigenvalue weighted by atomic mass is 35.5. The van der Waals surface area contributed by atoms with Crippen molar-refractivity contribution in [2.24, 2.45) is 0 Å². The third-order valence-electron chi connectivity index (χ3n) is 2.13. The predicted molar refractivity (Wildman–Crippen MR) is 67.9 cm³/mol. The zero-order chi connectivity index (χ0) is 12.1. The monoisotopic (exact) mass is 270 g/mol. The number of hydrogen-bond acceptors (Lipinski definition) is 4. The summed E-state index contributed by atoms with van der Waals surface area (Å²) in [6, 6.07) is 6.98. The Labute approximate surface area is 108 Å². The van der Waals surface area contributed by atoms with Gasteiger partial charge in [-0.05, 0) is 24.3 Å². The highest BCUT2D eigenvalue weighted by molar-refractivity contribution is 7.09. The zero-order valence-electron chi connectivity index (χ0n) is 9.01. The van der Waals surface area contributed by atoms with Gasteiger partial charge in [0.25, 0.3) is 5.56 Å². The van der Waals surface area contributed by atoms with Crippen LogP contribution in [0.2, 0.25) is 0 Å². The van der Waals surface area contributed by atoms with E-state index in [1.807, 2.05) is 6.07 Å². The lowest BCUT2D eigenvalue weighted by atomic mass is 10.3. The van der Waals surface area contributed by atoms with E-state index in [1.165, 1.54) is 17.0 Å². The Bertz CT molecular complexity index is 525. The van der Waals surface area contributed by atoms with E-state index in [-0.39, 0.29) is 5.56 Å². The Morgan fingerprint density at radius 1 is 1.41 bits per heavy atom. The smallest absolute Gasteiger partial charge is 0.282 e. The molecule has 0 unspecified atom stereocenters. The first-order valence-electron chi connectivity index (χ1n) is 5.17. The molecule has 0 atom stereocenters. The zero-order valence-corrected chi connectivity index (χ0v) is 10.6. The number of rotatable bonds is 5. The summed E-state index contributed by atoms with van der Waals surface area (Å²) in [6.07, 6.45) is 1.89. The summed E-state index contributed by atoms with van der Waals surface area (Å²) in [5.41, 5.74) is -0.363. The van der Waals surface area contributed by atoms with Crippen molar-refractivity contribution in [1.29, 1.82) is 0 Å². The van der Waals surface area contributed by atoms with Gasteiger partial charge >= 0.3 is 0 Å². The molecule has 0 amide bonds. The van der Waals surface area contributed by atoms with Crippen LogP contribution in [0.3, 0.4) is 0 Å². The van der Waals surface area contributed by atoms with E-state index >= 15 is 0 Å². The molecule has 0 aliphatic carbocycles. The predicted octanol–water partition coefficient (Wildman–Crippen LogP) is 2.32. The van der Waals surface area contributed by atoms with E-state index < -0.39 is 0 Å². The van der Waals surface area contributed by atoms with Crippen LogP contribution < -0.4 is 10.3 Å². The molecule has 4 nitrogen and oxygen atoms in total. The number of nitrogens with zero attached hydrogens (tertiary/aromatic N) is 2. The summed E-state index contributed by atoms with van der Waals surface area (Å²) in [5, 5.41) is 5.81. The molecule has 0 aliphatic heterocycles. The van der Waals surface area contributed by atoms with E-state index in [4.69, 9.17) is 16.5 Å². The maximum atomic E-state index is 11.0. The molecule has 0 aromatic carbocycles. The number of aryl methyl sites for hydroxylation is 1. The molecule has 2 rings (SSSR count). The van der Waals surface area contributed by atoms with Gasteiger partial charge in [-0.2, -0.15) is 0 Å². The minimum atomic E-state index is -0.363. The van der Waals surface area contributed by atoms with Gasteiger partial charge in [-0.1, -0.05) is 6.07 Å². The van der Waals surface area contributed by atoms with Gasteiger partial charge < -0.3 is 4.74 Å². The summed E-state index contributed by atoms with van der Waals surface area (Å²) in [4.78, 5) is 12.3. The number of halogens is 1. The van der Waals surface area contributed by atoms with Gasteiger partial charge in [0.15, 0.2) is 0 Å². The SMILES string of the molecule is O=c1ccc(OCCCc2cccs2)nn1Cl. The Morgan fingerprint density at radius 3 is 3.00 bits per heavy atom.